The molecule has 1 rings (SSSR count). The largest absolute Gasteiger partial charge is 0.491 e. The molecule has 0 fully saturated rings. The summed E-state index contributed by atoms with van der Waals surface area (Å²) >= 11 is 0. The van der Waals surface area contributed by atoms with E-state index in [0.29, 0.717) is 18.8 Å². The molecule has 16 heavy (non-hydrogen) atoms. The van der Waals surface area contributed by atoms with Gasteiger partial charge in [-0.25, -0.2) is 8.42 Å². The maximum Gasteiger partial charge on any atom is 0.175 e. The van der Waals surface area contributed by atoms with E-state index in [4.69, 9.17) is 15.6 Å². The topological polar surface area (TPSA) is 89.6 Å². The van der Waals surface area contributed by atoms with Crippen molar-refractivity contribution in [2.75, 3.05) is 25.2 Å². The Hall–Kier alpha value is -1.27. The summed E-state index contributed by atoms with van der Waals surface area (Å²) in [5.74, 6) is 0.431. The highest BCUT2D eigenvalue weighted by Gasteiger charge is 2.09. The van der Waals surface area contributed by atoms with Gasteiger partial charge in [0.1, 0.15) is 5.75 Å². The van der Waals surface area contributed by atoms with Crippen LogP contribution in [0.15, 0.2) is 23.1 Å². The fourth-order valence-electron chi connectivity index (χ4n) is 1.14. The van der Waals surface area contributed by atoms with Gasteiger partial charge in [-0.15, -0.1) is 0 Å². The number of benzene rings is 1. The van der Waals surface area contributed by atoms with Crippen molar-refractivity contribution in [3.8, 4) is 5.75 Å². The lowest BCUT2D eigenvalue weighted by atomic mass is 10.3. The number of nitrogen functional groups attached to an aromatic ring is 1. The molecule has 0 atom stereocenters. The molecule has 0 radical (unpaired) electrons. The van der Waals surface area contributed by atoms with Crippen LogP contribution in [0.2, 0.25) is 0 Å². The van der Waals surface area contributed by atoms with Crippen LogP contribution in [-0.4, -0.2) is 33.0 Å². The lowest BCUT2D eigenvalue weighted by Gasteiger charge is -2.09. The minimum Gasteiger partial charge on any atom is -0.491 e. The van der Waals surface area contributed by atoms with Crippen molar-refractivity contribution < 1.29 is 18.3 Å². The quantitative estimate of drug-likeness (QED) is 0.580. The van der Waals surface area contributed by atoms with E-state index in [0.717, 1.165) is 6.26 Å². The number of anilines is 1. The van der Waals surface area contributed by atoms with Crippen molar-refractivity contribution in [1.82, 2.24) is 0 Å². The van der Waals surface area contributed by atoms with E-state index in [1.54, 1.807) is 0 Å². The first kappa shape index (κ1) is 12.8. The highest BCUT2D eigenvalue weighted by atomic mass is 32.2. The SMILES string of the molecule is CS(=O)(=O)c1ccc(OCCCO)c(N)c1. The van der Waals surface area contributed by atoms with Crippen LogP contribution in [0.25, 0.3) is 0 Å². The summed E-state index contributed by atoms with van der Waals surface area (Å²) in [5.41, 5.74) is 5.93. The molecule has 1 aromatic carbocycles. The number of sulfone groups is 1. The molecule has 5 nitrogen and oxygen atoms in total. The molecule has 0 saturated heterocycles. The average Bonchev–Trinajstić information content (AvgIpc) is 2.19. The molecule has 1 aromatic rings. The Morgan fingerprint density at radius 2 is 2.12 bits per heavy atom. The van der Waals surface area contributed by atoms with Crippen LogP contribution in [0.1, 0.15) is 6.42 Å². The van der Waals surface area contributed by atoms with Gasteiger partial charge in [-0.2, -0.15) is 0 Å². The van der Waals surface area contributed by atoms with Crippen molar-refractivity contribution in [3.63, 3.8) is 0 Å². The molecule has 90 valence electrons. The molecule has 6 heteroatoms. The monoisotopic (exact) mass is 245 g/mol. The maximum atomic E-state index is 11.2. The number of rotatable bonds is 5. The van der Waals surface area contributed by atoms with E-state index in [9.17, 15) is 8.42 Å². The third-order valence-corrected chi connectivity index (χ3v) is 3.08. The molecule has 0 saturated carbocycles. The van der Waals surface area contributed by atoms with Gasteiger partial charge < -0.3 is 15.6 Å². The van der Waals surface area contributed by atoms with Crippen LogP contribution in [0.3, 0.4) is 0 Å². The number of nitrogens with two attached hydrogens (primary N) is 1. The van der Waals surface area contributed by atoms with Gasteiger partial charge in [0.25, 0.3) is 0 Å². The van der Waals surface area contributed by atoms with Crippen molar-refractivity contribution in [3.05, 3.63) is 18.2 Å². The Labute approximate surface area is 94.8 Å². The second kappa shape index (κ2) is 5.18. The lowest BCUT2D eigenvalue weighted by Crippen LogP contribution is -2.04. The van der Waals surface area contributed by atoms with Gasteiger partial charge in [-0.05, 0) is 18.2 Å². The Kier molecular flexibility index (Phi) is 4.14. The Morgan fingerprint density at radius 1 is 1.44 bits per heavy atom. The third-order valence-electron chi connectivity index (χ3n) is 1.97. The lowest BCUT2D eigenvalue weighted by molar-refractivity contribution is 0.234. The van der Waals surface area contributed by atoms with Gasteiger partial charge >= 0.3 is 0 Å². The van der Waals surface area contributed by atoms with E-state index < -0.39 is 9.84 Å². The van der Waals surface area contributed by atoms with Crippen molar-refractivity contribution in [2.45, 2.75) is 11.3 Å². The fraction of sp³-hybridized carbons (Fsp3) is 0.400. The number of hydrogen-bond donors (Lipinski definition) is 2. The van der Waals surface area contributed by atoms with Gasteiger partial charge in [0.15, 0.2) is 9.84 Å². The predicted octanol–water partition coefficient (Wildman–Crippen LogP) is 0.433. The molecular weight excluding hydrogens is 230 g/mol. The fourth-order valence-corrected chi connectivity index (χ4v) is 1.79. The van der Waals surface area contributed by atoms with Gasteiger partial charge in [0.05, 0.1) is 17.2 Å². The average molecular weight is 245 g/mol. The smallest absolute Gasteiger partial charge is 0.175 e. The van der Waals surface area contributed by atoms with Crippen LogP contribution in [-0.2, 0) is 9.84 Å². The van der Waals surface area contributed by atoms with Crippen LogP contribution >= 0.6 is 0 Å². The molecule has 0 heterocycles. The molecule has 0 spiro atoms. The Morgan fingerprint density at radius 3 is 2.62 bits per heavy atom. The first-order valence-corrected chi connectivity index (χ1v) is 6.67. The molecule has 0 aliphatic carbocycles. The van der Waals surface area contributed by atoms with E-state index in [1.165, 1.54) is 18.2 Å². The van der Waals surface area contributed by atoms with E-state index in [-0.39, 0.29) is 17.2 Å². The van der Waals surface area contributed by atoms with Crippen LogP contribution in [0.4, 0.5) is 5.69 Å². The number of aliphatic hydroxyl groups is 1. The number of aliphatic hydroxyl groups excluding tert-OH is 1. The van der Waals surface area contributed by atoms with E-state index >= 15 is 0 Å². The highest BCUT2D eigenvalue weighted by molar-refractivity contribution is 7.90. The summed E-state index contributed by atoms with van der Waals surface area (Å²) in [6, 6.07) is 4.33. The van der Waals surface area contributed by atoms with Crippen molar-refractivity contribution >= 4 is 15.5 Å². The molecule has 0 amide bonds. The summed E-state index contributed by atoms with van der Waals surface area (Å²) in [6.45, 7) is 0.389. The number of ether oxygens (including phenoxy) is 1. The van der Waals surface area contributed by atoms with Gasteiger partial charge in [0.2, 0.25) is 0 Å². The third kappa shape index (κ3) is 3.39. The van der Waals surface area contributed by atoms with Crippen LogP contribution < -0.4 is 10.5 Å². The summed E-state index contributed by atoms with van der Waals surface area (Å²) < 4.78 is 27.7. The Balaban J connectivity index is 2.84. The number of hydrogen-bond acceptors (Lipinski definition) is 5. The standard InChI is InChI=1S/C10H15NO4S/c1-16(13,14)8-3-4-10(9(11)7-8)15-6-2-5-12/h3-4,7,12H,2,5-6,11H2,1H3. The Bertz CT molecular complexity index is 456. The zero-order valence-corrected chi connectivity index (χ0v) is 9.83. The summed E-state index contributed by atoms with van der Waals surface area (Å²) in [4.78, 5) is 0.166. The highest BCUT2D eigenvalue weighted by Crippen LogP contribution is 2.24. The van der Waals surface area contributed by atoms with E-state index in [2.05, 4.69) is 0 Å². The van der Waals surface area contributed by atoms with Crippen molar-refractivity contribution in [1.29, 1.82) is 0 Å². The zero-order chi connectivity index (χ0) is 12.2. The van der Waals surface area contributed by atoms with Crippen LogP contribution in [0.5, 0.6) is 5.75 Å². The van der Waals surface area contributed by atoms with Gasteiger partial charge in [-0.3, -0.25) is 0 Å². The molecular formula is C10H15NO4S. The minimum atomic E-state index is -3.24. The molecule has 3 N–H and O–H groups in total. The van der Waals surface area contributed by atoms with Gasteiger partial charge in [-0.1, -0.05) is 0 Å². The second-order valence-corrected chi connectivity index (χ2v) is 5.41. The molecule has 0 unspecified atom stereocenters. The summed E-state index contributed by atoms with van der Waals surface area (Å²) in [5, 5.41) is 8.57. The molecule has 0 aliphatic rings. The maximum absolute atomic E-state index is 11.2. The van der Waals surface area contributed by atoms with Crippen LogP contribution in [0, 0.1) is 0 Å². The normalized spacial score (nSPS) is 11.4. The zero-order valence-electron chi connectivity index (χ0n) is 9.01. The summed E-state index contributed by atoms with van der Waals surface area (Å²) in [7, 11) is -3.24. The molecule has 0 aromatic heterocycles. The minimum absolute atomic E-state index is 0.0430. The summed E-state index contributed by atoms with van der Waals surface area (Å²) in [6.07, 6.45) is 1.63. The first-order chi connectivity index (χ1) is 7.45. The second-order valence-electron chi connectivity index (χ2n) is 3.40. The van der Waals surface area contributed by atoms with Gasteiger partial charge in [0, 0.05) is 19.3 Å². The van der Waals surface area contributed by atoms with E-state index in [1.807, 2.05) is 0 Å². The van der Waals surface area contributed by atoms with Crippen molar-refractivity contribution in [2.24, 2.45) is 0 Å². The first-order valence-electron chi connectivity index (χ1n) is 4.78. The molecule has 0 bridgehead atoms. The molecule has 0 aliphatic heterocycles. The predicted molar refractivity (Wildman–Crippen MR) is 61.2 cm³/mol.